The van der Waals surface area contributed by atoms with Crippen LogP contribution < -0.4 is 4.74 Å². The molecule has 1 aromatic heterocycles. The second kappa shape index (κ2) is 3.14. The molecule has 0 fully saturated rings. The predicted molar refractivity (Wildman–Crippen MR) is 43.4 cm³/mol. The minimum atomic E-state index is 0.576. The van der Waals surface area contributed by atoms with Crippen LogP contribution in [0.3, 0.4) is 0 Å². The number of hydrogen-bond donors (Lipinski definition) is 0. The number of hydrogen-bond acceptors (Lipinski definition) is 3. The van der Waals surface area contributed by atoms with E-state index in [4.69, 9.17) is 4.74 Å². The SMILES string of the molecule is C=Cc1nc(C)cc(OC)n1. The summed E-state index contributed by atoms with van der Waals surface area (Å²) in [6.07, 6.45) is 1.59. The summed E-state index contributed by atoms with van der Waals surface area (Å²) in [6, 6.07) is 1.77. The molecule has 0 N–H and O–H groups in total. The first-order chi connectivity index (χ1) is 5.26. The van der Waals surface area contributed by atoms with Crippen molar-refractivity contribution in [3.63, 3.8) is 0 Å². The molecule has 0 aliphatic heterocycles. The smallest absolute Gasteiger partial charge is 0.216 e. The Balaban J connectivity index is 3.11. The number of rotatable bonds is 2. The Morgan fingerprint density at radius 1 is 1.55 bits per heavy atom. The molecule has 0 aliphatic rings. The van der Waals surface area contributed by atoms with Crippen LogP contribution in [0.15, 0.2) is 12.6 Å². The van der Waals surface area contributed by atoms with Gasteiger partial charge in [-0.3, -0.25) is 0 Å². The minimum Gasteiger partial charge on any atom is -0.481 e. The van der Waals surface area contributed by atoms with Crippen molar-refractivity contribution in [3.05, 3.63) is 24.2 Å². The molecule has 0 radical (unpaired) electrons. The Morgan fingerprint density at radius 2 is 2.27 bits per heavy atom. The first kappa shape index (κ1) is 7.72. The van der Waals surface area contributed by atoms with E-state index in [0.29, 0.717) is 11.7 Å². The Bertz CT molecular complexity index is 271. The van der Waals surface area contributed by atoms with Gasteiger partial charge < -0.3 is 4.74 Å². The molecule has 3 heteroatoms. The van der Waals surface area contributed by atoms with Crippen LogP contribution in [0.2, 0.25) is 0 Å². The third-order valence-corrected chi connectivity index (χ3v) is 1.24. The van der Waals surface area contributed by atoms with Crippen LogP contribution in [0.25, 0.3) is 6.08 Å². The Labute approximate surface area is 65.8 Å². The Kier molecular flexibility index (Phi) is 2.21. The normalized spacial score (nSPS) is 9.27. The molecule has 3 nitrogen and oxygen atoms in total. The maximum atomic E-state index is 4.94. The average molecular weight is 150 g/mol. The summed E-state index contributed by atoms with van der Waals surface area (Å²) in [6.45, 7) is 5.45. The van der Waals surface area contributed by atoms with E-state index in [1.54, 1.807) is 19.3 Å². The summed E-state index contributed by atoms with van der Waals surface area (Å²) in [5.74, 6) is 1.18. The summed E-state index contributed by atoms with van der Waals surface area (Å²) >= 11 is 0. The molecule has 0 amide bonds. The zero-order valence-corrected chi connectivity index (χ0v) is 6.66. The van der Waals surface area contributed by atoms with Crippen LogP contribution in [0.1, 0.15) is 11.5 Å². The summed E-state index contributed by atoms with van der Waals surface area (Å²) < 4.78 is 4.94. The third-order valence-electron chi connectivity index (χ3n) is 1.24. The molecule has 1 aromatic rings. The van der Waals surface area contributed by atoms with Gasteiger partial charge in [-0.15, -0.1) is 0 Å². The predicted octanol–water partition coefficient (Wildman–Crippen LogP) is 1.44. The first-order valence-corrected chi connectivity index (χ1v) is 3.28. The lowest BCUT2D eigenvalue weighted by atomic mass is 10.4. The number of nitrogens with zero attached hydrogens (tertiary/aromatic N) is 2. The van der Waals surface area contributed by atoms with E-state index in [1.807, 2.05) is 6.92 Å². The third kappa shape index (κ3) is 1.77. The molecular weight excluding hydrogens is 140 g/mol. The Hall–Kier alpha value is -1.38. The van der Waals surface area contributed by atoms with E-state index in [0.717, 1.165) is 5.69 Å². The number of aromatic nitrogens is 2. The van der Waals surface area contributed by atoms with Crippen molar-refractivity contribution >= 4 is 6.08 Å². The fourth-order valence-electron chi connectivity index (χ4n) is 0.758. The van der Waals surface area contributed by atoms with Crippen molar-refractivity contribution in [1.29, 1.82) is 0 Å². The largest absolute Gasteiger partial charge is 0.481 e. The van der Waals surface area contributed by atoms with Crippen LogP contribution in [0.4, 0.5) is 0 Å². The average Bonchev–Trinajstić information content (AvgIpc) is 2.03. The van der Waals surface area contributed by atoms with E-state index in [-0.39, 0.29) is 0 Å². The van der Waals surface area contributed by atoms with Gasteiger partial charge in [0.15, 0.2) is 5.82 Å². The van der Waals surface area contributed by atoms with E-state index < -0.39 is 0 Å². The molecule has 0 bridgehead atoms. The van der Waals surface area contributed by atoms with Gasteiger partial charge >= 0.3 is 0 Å². The molecule has 11 heavy (non-hydrogen) atoms. The fourth-order valence-corrected chi connectivity index (χ4v) is 0.758. The highest BCUT2D eigenvalue weighted by Gasteiger charge is 1.96. The second-order valence-electron chi connectivity index (χ2n) is 2.11. The van der Waals surface area contributed by atoms with Crippen molar-refractivity contribution in [1.82, 2.24) is 9.97 Å². The molecule has 0 aromatic carbocycles. The molecule has 1 heterocycles. The second-order valence-corrected chi connectivity index (χ2v) is 2.11. The minimum absolute atomic E-state index is 0.576. The van der Waals surface area contributed by atoms with Gasteiger partial charge in [0.25, 0.3) is 0 Å². The van der Waals surface area contributed by atoms with E-state index in [1.165, 1.54) is 0 Å². The Morgan fingerprint density at radius 3 is 2.82 bits per heavy atom. The van der Waals surface area contributed by atoms with Gasteiger partial charge in [0.05, 0.1) is 7.11 Å². The number of ether oxygens (including phenoxy) is 1. The molecule has 58 valence electrons. The number of methoxy groups -OCH3 is 1. The molecule has 1 rings (SSSR count). The lowest BCUT2D eigenvalue weighted by Gasteiger charge is -2.00. The van der Waals surface area contributed by atoms with Gasteiger partial charge in [-0.05, 0) is 13.0 Å². The van der Waals surface area contributed by atoms with Gasteiger partial charge in [-0.1, -0.05) is 6.58 Å². The van der Waals surface area contributed by atoms with Crippen LogP contribution in [0, 0.1) is 6.92 Å². The summed E-state index contributed by atoms with van der Waals surface area (Å²) in [5.41, 5.74) is 0.881. The van der Waals surface area contributed by atoms with Gasteiger partial charge in [-0.2, -0.15) is 4.98 Å². The highest BCUT2D eigenvalue weighted by Crippen LogP contribution is 2.07. The molecule has 0 spiro atoms. The van der Waals surface area contributed by atoms with Gasteiger partial charge in [0.1, 0.15) is 0 Å². The van der Waals surface area contributed by atoms with Crippen molar-refractivity contribution < 1.29 is 4.74 Å². The van der Waals surface area contributed by atoms with Crippen molar-refractivity contribution in [3.8, 4) is 5.88 Å². The van der Waals surface area contributed by atoms with E-state index in [9.17, 15) is 0 Å². The molecular formula is C8H10N2O. The molecule has 0 unspecified atom stereocenters. The zero-order chi connectivity index (χ0) is 8.27. The summed E-state index contributed by atoms with van der Waals surface area (Å²) in [5, 5.41) is 0. The summed E-state index contributed by atoms with van der Waals surface area (Å²) in [7, 11) is 1.58. The van der Waals surface area contributed by atoms with Crippen LogP contribution >= 0.6 is 0 Å². The van der Waals surface area contributed by atoms with Gasteiger partial charge in [0.2, 0.25) is 5.88 Å². The monoisotopic (exact) mass is 150 g/mol. The molecule has 0 atom stereocenters. The van der Waals surface area contributed by atoms with Crippen molar-refractivity contribution in [2.75, 3.05) is 7.11 Å². The maximum Gasteiger partial charge on any atom is 0.216 e. The zero-order valence-electron chi connectivity index (χ0n) is 6.66. The van der Waals surface area contributed by atoms with E-state index >= 15 is 0 Å². The van der Waals surface area contributed by atoms with Gasteiger partial charge in [-0.25, -0.2) is 4.98 Å². The van der Waals surface area contributed by atoms with Crippen LogP contribution in [0.5, 0.6) is 5.88 Å². The lowest BCUT2D eigenvalue weighted by Crippen LogP contribution is -1.94. The van der Waals surface area contributed by atoms with Crippen molar-refractivity contribution in [2.45, 2.75) is 6.92 Å². The summed E-state index contributed by atoms with van der Waals surface area (Å²) in [4.78, 5) is 8.11. The lowest BCUT2D eigenvalue weighted by molar-refractivity contribution is 0.396. The van der Waals surface area contributed by atoms with Gasteiger partial charge in [0, 0.05) is 11.8 Å². The first-order valence-electron chi connectivity index (χ1n) is 3.28. The highest BCUT2D eigenvalue weighted by atomic mass is 16.5. The quantitative estimate of drug-likeness (QED) is 0.639. The highest BCUT2D eigenvalue weighted by molar-refractivity contribution is 5.37. The molecule has 0 saturated carbocycles. The van der Waals surface area contributed by atoms with E-state index in [2.05, 4.69) is 16.5 Å². The van der Waals surface area contributed by atoms with Crippen molar-refractivity contribution in [2.24, 2.45) is 0 Å². The van der Waals surface area contributed by atoms with Crippen LogP contribution in [-0.2, 0) is 0 Å². The molecule has 0 saturated heterocycles. The topological polar surface area (TPSA) is 35.0 Å². The standard InChI is InChI=1S/C8H10N2O/c1-4-7-9-6(2)5-8(10-7)11-3/h4-5H,1H2,2-3H3. The number of aryl methyl sites for hydroxylation is 1. The van der Waals surface area contributed by atoms with Crippen LogP contribution in [-0.4, -0.2) is 17.1 Å². The molecule has 0 aliphatic carbocycles. The maximum absolute atomic E-state index is 4.94. The fraction of sp³-hybridized carbons (Fsp3) is 0.250.